The highest BCUT2D eigenvalue weighted by atomic mass is 16.6. The third-order valence-corrected chi connectivity index (χ3v) is 4.18. The summed E-state index contributed by atoms with van der Waals surface area (Å²) in [5.41, 5.74) is 0.947. The number of hydrogen-bond donors (Lipinski definition) is 2. The number of hydrogen-bond acceptors (Lipinski definition) is 6. The molecule has 0 aromatic carbocycles. The Morgan fingerprint density at radius 2 is 1.87 bits per heavy atom. The van der Waals surface area contributed by atoms with Crippen molar-refractivity contribution in [2.24, 2.45) is 0 Å². The molecule has 3 heterocycles. The van der Waals surface area contributed by atoms with E-state index in [0.717, 1.165) is 5.69 Å². The Labute approximate surface area is 136 Å². The lowest BCUT2D eigenvalue weighted by Gasteiger charge is -2.21. The van der Waals surface area contributed by atoms with Crippen LogP contribution in [0.1, 0.15) is 33.4 Å². The molecule has 0 unspecified atom stereocenters. The molecule has 7 nitrogen and oxygen atoms in total. The number of nitrogens with zero attached hydrogens (tertiary/aromatic N) is 2. The topological polar surface area (TPSA) is 85.4 Å². The highest BCUT2D eigenvalue weighted by Crippen LogP contribution is 2.29. The van der Waals surface area contributed by atoms with Crippen LogP contribution in [0.2, 0.25) is 0 Å². The van der Waals surface area contributed by atoms with E-state index < -0.39 is 0 Å². The third kappa shape index (κ3) is 3.45. The molecule has 2 fully saturated rings. The average Bonchev–Trinajstić information content (AvgIpc) is 3.02. The van der Waals surface area contributed by atoms with Gasteiger partial charge in [-0.2, -0.15) is 0 Å². The zero-order valence-electron chi connectivity index (χ0n) is 14.0. The van der Waals surface area contributed by atoms with Crippen molar-refractivity contribution in [1.29, 1.82) is 0 Å². The van der Waals surface area contributed by atoms with Crippen molar-refractivity contribution in [1.82, 2.24) is 15.3 Å². The molecule has 0 saturated carbocycles. The van der Waals surface area contributed by atoms with Crippen LogP contribution in [0.3, 0.4) is 0 Å². The predicted molar refractivity (Wildman–Crippen MR) is 85.2 cm³/mol. The molecule has 1 aromatic heterocycles. The second-order valence-electron chi connectivity index (χ2n) is 7.17. The first kappa shape index (κ1) is 16.1. The number of fused-ring (bicyclic) bond motifs is 1. The summed E-state index contributed by atoms with van der Waals surface area (Å²) >= 11 is 0. The van der Waals surface area contributed by atoms with Crippen LogP contribution in [-0.4, -0.2) is 53.4 Å². The summed E-state index contributed by atoms with van der Waals surface area (Å²) in [5, 5.41) is 6.19. The standard InChI is InChI=1S/C16H24N4O3/c1-9(21)18-10-7-22-14-11(8-23-13(10)14)19-15-17-6-5-12(20-15)16(2,3)4/h5-6,10-11,13-14H,7-8H2,1-4H3,(H,18,21)(H,17,19,20)/t10-,11-,13+,14+/m0/s1. The lowest BCUT2D eigenvalue weighted by Crippen LogP contribution is -2.44. The second kappa shape index (κ2) is 6.05. The lowest BCUT2D eigenvalue weighted by molar-refractivity contribution is -0.120. The van der Waals surface area contributed by atoms with Crippen molar-refractivity contribution in [3.63, 3.8) is 0 Å². The number of nitrogens with one attached hydrogen (secondary N) is 2. The zero-order chi connectivity index (χ0) is 16.6. The molecule has 1 aromatic rings. The average molecular weight is 320 g/mol. The first-order valence-electron chi connectivity index (χ1n) is 7.95. The van der Waals surface area contributed by atoms with Gasteiger partial charge in [0.1, 0.15) is 12.2 Å². The van der Waals surface area contributed by atoms with Crippen molar-refractivity contribution in [2.75, 3.05) is 18.5 Å². The second-order valence-corrected chi connectivity index (χ2v) is 7.17. The number of anilines is 1. The van der Waals surface area contributed by atoms with E-state index in [1.165, 1.54) is 6.92 Å². The van der Waals surface area contributed by atoms with E-state index in [-0.39, 0.29) is 35.6 Å². The molecule has 0 aliphatic carbocycles. The van der Waals surface area contributed by atoms with E-state index in [0.29, 0.717) is 19.2 Å². The molecule has 126 valence electrons. The minimum atomic E-state index is -0.123. The van der Waals surface area contributed by atoms with Crippen LogP contribution in [-0.2, 0) is 19.7 Å². The SMILES string of the molecule is CC(=O)N[C@H]1CO[C@H]2[C@@H]1OC[C@@H]2Nc1nccc(C(C)(C)C)n1. The van der Waals surface area contributed by atoms with E-state index in [1.54, 1.807) is 6.20 Å². The molecule has 7 heteroatoms. The number of rotatable bonds is 3. The molecule has 23 heavy (non-hydrogen) atoms. The summed E-state index contributed by atoms with van der Waals surface area (Å²) in [6.07, 6.45) is 1.54. The monoisotopic (exact) mass is 320 g/mol. The maximum Gasteiger partial charge on any atom is 0.223 e. The van der Waals surface area contributed by atoms with E-state index in [4.69, 9.17) is 9.47 Å². The van der Waals surface area contributed by atoms with Crippen molar-refractivity contribution in [3.05, 3.63) is 18.0 Å². The smallest absolute Gasteiger partial charge is 0.223 e. The Morgan fingerprint density at radius 1 is 1.22 bits per heavy atom. The first-order chi connectivity index (χ1) is 10.8. The summed E-state index contributed by atoms with van der Waals surface area (Å²) in [7, 11) is 0. The first-order valence-corrected chi connectivity index (χ1v) is 7.95. The van der Waals surface area contributed by atoms with Crippen molar-refractivity contribution in [2.45, 2.75) is 57.4 Å². The van der Waals surface area contributed by atoms with Gasteiger partial charge in [0.25, 0.3) is 0 Å². The van der Waals surface area contributed by atoms with E-state index in [2.05, 4.69) is 41.4 Å². The van der Waals surface area contributed by atoms with E-state index >= 15 is 0 Å². The summed E-state index contributed by atoms with van der Waals surface area (Å²) in [4.78, 5) is 20.1. The Balaban J connectivity index is 1.67. The fourth-order valence-electron chi connectivity index (χ4n) is 3.02. The van der Waals surface area contributed by atoms with Gasteiger partial charge in [-0.25, -0.2) is 9.97 Å². The van der Waals surface area contributed by atoms with Gasteiger partial charge in [0, 0.05) is 18.5 Å². The Bertz CT molecular complexity index is 587. The van der Waals surface area contributed by atoms with Gasteiger partial charge in [0.05, 0.1) is 31.0 Å². The highest BCUT2D eigenvalue weighted by molar-refractivity contribution is 5.73. The minimum Gasteiger partial charge on any atom is -0.371 e. The van der Waals surface area contributed by atoms with Gasteiger partial charge in [0.2, 0.25) is 11.9 Å². The van der Waals surface area contributed by atoms with Crippen LogP contribution in [0, 0.1) is 0 Å². The number of carbonyl (C=O) groups is 1. The molecule has 4 atom stereocenters. The normalized spacial score (nSPS) is 30.1. The lowest BCUT2D eigenvalue weighted by atomic mass is 9.92. The number of amides is 1. The van der Waals surface area contributed by atoms with Crippen molar-refractivity contribution >= 4 is 11.9 Å². The molecule has 2 aliphatic rings. The maximum absolute atomic E-state index is 11.2. The number of aromatic nitrogens is 2. The van der Waals surface area contributed by atoms with Crippen LogP contribution in [0.25, 0.3) is 0 Å². The van der Waals surface area contributed by atoms with Gasteiger partial charge >= 0.3 is 0 Å². The number of ether oxygens (including phenoxy) is 2. The van der Waals surface area contributed by atoms with Crippen LogP contribution in [0.5, 0.6) is 0 Å². The fourth-order valence-corrected chi connectivity index (χ4v) is 3.02. The fraction of sp³-hybridized carbons (Fsp3) is 0.688. The third-order valence-electron chi connectivity index (χ3n) is 4.18. The summed E-state index contributed by atoms with van der Waals surface area (Å²) in [6.45, 7) is 8.83. The largest absolute Gasteiger partial charge is 0.371 e. The Morgan fingerprint density at radius 3 is 2.52 bits per heavy atom. The quantitative estimate of drug-likeness (QED) is 0.859. The van der Waals surface area contributed by atoms with Crippen molar-refractivity contribution < 1.29 is 14.3 Å². The van der Waals surface area contributed by atoms with Gasteiger partial charge in [-0.1, -0.05) is 20.8 Å². The molecule has 1 amide bonds. The minimum absolute atomic E-state index is 0.0195. The Kier molecular flexibility index (Phi) is 4.25. The van der Waals surface area contributed by atoms with Gasteiger partial charge in [-0.3, -0.25) is 4.79 Å². The van der Waals surface area contributed by atoms with Crippen LogP contribution in [0.15, 0.2) is 12.3 Å². The van der Waals surface area contributed by atoms with E-state index in [1.807, 2.05) is 6.07 Å². The van der Waals surface area contributed by atoms with Gasteiger partial charge in [0.15, 0.2) is 0 Å². The van der Waals surface area contributed by atoms with Crippen LogP contribution in [0.4, 0.5) is 5.95 Å². The van der Waals surface area contributed by atoms with Crippen LogP contribution >= 0.6 is 0 Å². The van der Waals surface area contributed by atoms with Crippen LogP contribution < -0.4 is 10.6 Å². The Hall–Kier alpha value is -1.73. The molecule has 2 N–H and O–H groups in total. The van der Waals surface area contributed by atoms with Gasteiger partial charge in [-0.15, -0.1) is 0 Å². The molecule has 0 radical (unpaired) electrons. The molecule has 0 spiro atoms. The predicted octanol–water partition coefficient (Wildman–Crippen LogP) is 0.857. The maximum atomic E-state index is 11.2. The zero-order valence-corrected chi connectivity index (χ0v) is 14.0. The molecular weight excluding hydrogens is 296 g/mol. The molecule has 0 bridgehead atoms. The summed E-state index contributed by atoms with van der Waals surface area (Å²) < 4.78 is 11.6. The van der Waals surface area contributed by atoms with Crippen molar-refractivity contribution in [3.8, 4) is 0 Å². The van der Waals surface area contributed by atoms with Gasteiger partial charge in [-0.05, 0) is 6.07 Å². The molecular formula is C16H24N4O3. The number of carbonyl (C=O) groups excluding carboxylic acids is 1. The highest BCUT2D eigenvalue weighted by Gasteiger charge is 2.48. The molecule has 3 rings (SSSR count). The summed E-state index contributed by atoms with van der Waals surface area (Å²) in [5.74, 6) is 0.513. The summed E-state index contributed by atoms with van der Waals surface area (Å²) in [6, 6.07) is 1.82. The molecule has 2 aliphatic heterocycles. The van der Waals surface area contributed by atoms with E-state index in [9.17, 15) is 4.79 Å². The molecule has 2 saturated heterocycles. The van der Waals surface area contributed by atoms with Gasteiger partial charge < -0.3 is 20.1 Å².